The van der Waals surface area contributed by atoms with Gasteiger partial charge in [-0.25, -0.2) is 8.98 Å². The molecule has 6 nitrogen and oxygen atoms in total. The molecule has 1 saturated carbocycles. The number of carbonyl (C=O) groups is 1. The Morgan fingerprint density at radius 3 is 2.45 bits per heavy atom. The van der Waals surface area contributed by atoms with Crippen molar-refractivity contribution < 1.29 is 27.2 Å². The molecule has 0 bridgehead atoms. The lowest BCUT2D eigenvalue weighted by atomic mass is 9.77. The molecule has 0 spiro atoms. The van der Waals surface area contributed by atoms with Gasteiger partial charge in [0, 0.05) is 6.42 Å². The van der Waals surface area contributed by atoms with Crippen molar-refractivity contribution in [2.75, 3.05) is 7.11 Å². The zero-order valence-corrected chi connectivity index (χ0v) is 13.4. The van der Waals surface area contributed by atoms with Crippen LogP contribution < -0.4 is 0 Å². The van der Waals surface area contributed by atoms with Gasteiger partial charge in [-0.2, -0.15) is 8.42 Å². The largest absolute Gasteiger partial charge is 0.467 e. The highest BCUT2D eigenvalue weighted by molar-refractivity contribution is 7.86. The summed E-state index contributed by atoms with van der Waals surface area (Å²) >= 11 is 0. The average molecular weight is 328 g/mol. The number of methoxy groups -OCH3 is 1. The Hall–Kier alpha value is -1.44. The summed E-state index contributed by atoms with van der Waals surface area (Å²) in [6, 6.07) is 7.60. The minimum atomic E-state index is -4.13. The first kappa shape index (κ1) is 16.9. The predicted octanol–water partition coefficient (Wildman–Crippen LogP) is 1.48. The predicted molar refractivity (Wildman–Crippen MR) is 78.5 cm³/mol. The minimum Gasteiger partial charge on any atom is -0.467 e. The van der Waals surface area contributed by atoms with E-state index in [9.17, 15) is 18.3 Å². The van der Waals surface area contributed by atoms with Crippen LogP contribution in [-0.4, -0.2) is 38.3 Å². The van der Waals surface area contributed by atoms with Crippen LogP contribution in [0.1, 0.15) is 26.2 Å². The van der Waals surface area contributed by atoms with E-state index in [1.54, 1.807) is 18.2 Å². The molecule has 2 rings (SSSR count). The number of hydrogen-bond acceptors (Lipinski definition) is 6. The Bertz CT molecular complexity index is 615. The Labute approximate surface area is 130 Å². The van der Waals surface area contributed by atoms with Crippen LogP contribution in [0, 0.1) is 5.92 Å². The highest BCUT2D eigenvalue weighted by Gasteiger charge is 2.50. The summed E-state index contributed by atoms with van der Waals surface area (Å²) in [5.74, 6) is -0.841. The van der Waals surface area contributed by atoms with E-state index in [4.69, 9.17) is 8.92 Å². The van der Waals surface area contributed by atoms with Crippen molar-refractivity contribution in [1.82, 2.24) is 0 Å². The monoisotopic (exact) mass is 328 g/mol. The van der Waals surface area contributed by atoms with Crippen molar-refractivity contribution in [2.24, 2.45) is 5.92 Å². The fourth-order valence-electron chi connectivity index (χ4n) is 2.96. The Morgan fingerprint density at radius 1 is 1.27 bits per heavy atom. The van der Waals surface area contributed by atoms with Gasteiger partial charge in [0.2, 0.25) is 0 Å². The van der Waals surface area contributed by atoms with Gasteiger partial charge in [0.1, 0.15) is 0 Å². The number of aliphatic hydroxyl groups excluding tert-OH is 1. The van der Waals surface area contributed by atoms with E-state index in [2.05, 4.69) is 0 Å². The second-order valence-electron chi connectivity index (χ2n) is 5.74. The van der Waals surface area contributed by atoms with E-state index in [0.29, 0.717) is 6.42 Å². The number of rotatable bonds is 4. The summed E-state index contributed by atoms with van der Waals surface area (Å²) in [5.41, 5.74) is -1.68. The fraction of sp³-hybridized carbons (Fsp3) is 0.533. The quantitative estimate of drug-likeness (QED) is 0.665. The van der Waals surface area contributed by atoms with Crippen LogP contribution in [0.5, 0.6) is 0 Å². The number of carbonyl (C=O) groups excluding carboxylic acids is 1. The van der Waals surface area contributed by atoms with Gasteiger partial charge in [0.15, 0.2) is 5.60 Å². The van der Waals surface area contributed by atoms with Gasteiger partial charge in [0.25, 0.3) is 10.1 Å². The maximum absolute atomic E-state index is 12.4. The Morgan fingerprint density at radius 2 is 1.91 bits per heavy atom. The van der Waals surface area contributed by atoms with Crippen LogP contribution in [0.15, 0.2) is 35.2 Å². The van der Waals surface area contributed by atoms with Crippen LogP contribution in [0.2, 0.25) is 0 Å². The SMILES string of the molecule is COC(=O)[C@]1(OS(=O)(=O)c2ccccc2)C[C@@H](C)C[C@H](O)C1. The average Bonchev–Trinajstić information content (AvgIpc) is 2.45. The zero-order chi connectivity index (χ0) is 16.4. The highest BCUT2D eigenvalue weighted by Crippen LogP contribution is 2.38. The van der Waals surface area contributed by atoms with Gasteiger partial charge in [-0.15, -0.1) is 0 Å². The molecule has 1 aliphatic rings. The van der Waals surface area contributed by atoms with Crippen LogP contribution in [0.25, 0.3) is 0 Å². The van der Waals surface area contributed by atoms with Crippen molar-refractivity contribution in [3.05, 3.63) is 30.3 Å². The molecule has 0 aromatic heterocycles. The third-order valence-electron chi connectivity index (χ3n) is 3.78. The van der Waals surface area contributed by atoms with Gasteiger partial charge in [-0.05, 0) is 30.9 Å². The van der Waals surface area contributed by atoms with Gasteiger partial charge >= 0.3 is 5.97 Å². The lowest BCUT2D eigenvalue weighted by molar-refractivity contribution is -0.167. The summed E-state index contributed by atoms with van der Waals surface area (Å²) in [4.78, 5) is 12.1. The fourth-order valence-corrected chi connectivity index (χ4v) is 4.17. The summed E-state index contributed by atoms with van der Waals surface area (Å²) in [7, 11) is -2.96. The van der Waals surface area contributed by atoms with Crippen molar-refractivity contribution in [2.45, 2.75) is 42.8 Å². The van der Waals surface area contributed by atoms with E-state index < -0.39 is 27.8 Å². The third-order valence-corrected chi connectivity index (χ3v) is 5.16. The number of esters is 1. The molecule has 7 heteroatoms. The molecule has 1 fully saturated rings. The number of ether oxygens (including phenoxy) is 1. The maximum Gasteiger partial charge on any atom is 0.339 e. The second-order valence-corrected chi connectivity index (χ2v) is 7.29. The molecule has 1 aromatic carbocycles. The van der Waals surface area contributed by atoms with E-state index in [0.717, 1.165) is 0 Å². The molecule has 122 valence electrons. The first-order valence-corrected chi connectivity index (χ1v) is 8.47. The minimum absolute atomic E-state index is 0.0361. The molecule has 1 N–H and O–H groups in total. The van der Waals surface area contributed by atoms with Crippen LogP contribution >= 0.6 is 0 Å². The molecule has 0 unspecified atom stereocenters. The molecule has 1 aliphatic carbocycles. The lowest BCUT2D eigenvalue weighted by Crippen LogP contribution is -2.51. The van der Waals surface area contributed by atoms with Gasteiger partial charge in [0.05, 0.1) is 18.1 Å². The summed E-state index contributed by atoms with van der Waals surface area (Å²) in [5, 5.41) is 9.94. The van der Waals surface area contributed by atoms with Crippen molar-refractivity contribution in [3.63, 3.8) is 0 Å². The molecule has 0 radical (unpaired) electrons. The molecule has 0 heterocycles. The Kier molecular flexibility index (Phi) is 4.89. The van der Waals surface area contributed by atoms with E-state index >= 15 is 0 Å². The van der Waals surface area contributed by atoms with E-state index in [1.807, 2.05) is 6.92 Å². The first-order valence-electron chi connectivity index (χ1n) is 7.06. The van der Waals surface area contributed by atoms with Crippen LogP contribution in [0.4, 0.5) is 0 Å². The summed E-state index contributed by atoms with van der Waals surface area (Å²) < 4.78 is 34.9. The molecular formula is C15H20O6S. The van der Waals surface area contributed by atoms with Crippen LogP contribution in [0.3, 0.4) is 0 Å². The van der Waals surface area contributed by atoms with Gasteiger partial charge < -0.3 is 9.84 Å². The molecule has 0 saturated heterocycles. The van der Waals surface area contributed by atoms with Gasteiger partial charge in [-0.1, -0.05) is 25.1 Å². The second kappa shape index (κ2) is 6.36. The molecule has 0 amide bonds. The molecular weight excluding hydrogens is 308 g/mol. The topological polar surface area (TPSA) is 89.9 Å². The summed E-state index contributed by atoms with van der Waals surface area (Å²) in [6.45, 7) is 1.83. The number of hydrogen-bond donors (Lipinski definition) is 1. The maximum atomic E-state index is 12.4. The number of benzene rings is 1. The van der Waals surface area contributed by atoms with Crippen LogP contribution in [-0.2, 0) is 23.8 Å². The molecule has 0 aliphatic heterocycles. The zero-order valence-electron chi connectivity index (χ0n) is 12.6. The van der Waals surface area contributed by atoms with E-state index in [-0.39, 0.29) is 23.7 Å². The molecule has 3 atom stereocenters. The van der Waals surface area contributed by atoms with Crippen molar-refractivity contribution in [1.29, 1.82) is 0 Å². The first-order chi connectivity index (χ1) is 10.3. The van der Waals surface area contributed by atoms with E-state index in [1.165, 1.54) is 19.2 Å². The standard InChI is InChI=1S/C15H20O6S/c1-11-8-12(16)10-15(9-11,14(17)20-2)21-22(18,19)13-6-4-3-5-7-13/h3-7,11-12,16H,8-10H2,1-2H3/t11-,12-,15-/m0/s1. The normalized spacial score (nSPS) is 29.0. The van der Waals surface area contributed by atoms with Crippen molar-refractivity contribution >= 4 is 16.1 Å². The molecule has 22 heavy (non-hydrogen) atoms. The van der Waals surface area contributed by atoms with Crippen molar-refractivity contribution in [3.8, 4) is 0 Å². The highest BCUT2D eigenvalue weighted by atomic mass is 32.2. The summed E-state index contributed by atoms with van der Waals surface area (Å²) in [6.07, 6.45) is -0.236. The third kappa shape index (κ3) is 3.48. The number of aliphatic hydroxyl groups is 1. The lowest BCUT2D eigenvalue weighted by Gasteiger charge is -2.38. The molecule has 1 aromatic rings. The van der Waals surface area contributed by atoms with Gasteiger partial charge in [-0.3, -0.25) is 0 Å². The Balaban J connectivity index is 2.37. The smallest absolute Gasteiger partial charge is 0.339 e.